The molecule has 0 aliphatic rings. The number of nitrogens with zero attached hydrogens (tertiary/aromatic N) is 1. The maximum atomic E-state index is 13.5. The molecule has 0 amide bonds. The smallest absolute Gasteiger partial charge is 0.268 e. The topological polar surface area (TPSA) is 65.4 Å². The van der Waals surface area contributed by atoms with E-state index in [9.17, 15) is 13.2 Å². The summed E-state index contributed by atoms with van der Waals surface area (Å²) < 4.78 is 33.5. The highest BCUT2D eigenvalue weighted by Crippen LogP contribution is 2.38. The number of methoxy groups -OCH3 is 1. The molecule has 3 aromatic carbocycles. The maximum absolute atomic E-state index is 13.5. The van der Waals surface area contributed by atoms with E-state index in [1.165, 1.54) is 0 Å². The van der Waals surface area contributed by atoms with Gasteiger partial charge in [0, 0.05) is 10.9 Å². The molecule has 0 saturated heterocycles. The van der Waals surface area contributed by atoms with Crippen molar-refractivity contribution in [3.8, 4) is 16.9 Å². The monoisotopic (exact) mass is 405 g/mol. The SMILES string of the molecule is COc1ccc2c(c1)c(-c1ccccc1)c(C=O)n2S(=O)(=O)c1ccc(C)cc1. The molecule has 6 heteroatoms. The van der Waals surface area contributed by atoms with E-state index < -0.39 is 10.0 Å². The first kappa shape index (κ1) is 19.0. The van der Waals surface area contributed by atoms with Crippen LogP contribution in [0.1, 0.15) is 16.1 Å². The third kappa shape index (κ3) is 3.11. The van der Waals surface area contributed by atoms with Crippen molar-refractivity contribution in [2.75, 3.05) is 7.11 Å². The summed E-state index contributed by atoms with van der Waals surface area (Å²) in [7, 11) is -2.44. The molecule has 1 aromatic heterocycles. The minimum Gasteiger partial charge on any atom is -0.497 e. The van der Waals surface area contributed by atoms with Crippen LogP contribution in [-0.4, -0.2) is 25.8 Å². The number of benzene rings is 3. The van der Waals surface area contributed by atoms with E-state index in [4.69, 9.17) is 4.74 Å². The van der Waals surface area contributed by atoms with Gasteiger partial charge in [0.25, 0.3) is 10.0 Å². The van der Waals surface area contributed by atoms with Crippen molar-refractivity contribution in [3.63, 3.8) is 0 Å². The summed E-state index contributed by atoms with van der Waals surface area (Å²) in [6.45, 7) is 1.89. The second kappa shape index (κ2) is 7.22. The molecule has 0 spiro atoms. The van der Waals surface area contributed by atoms with E-state index >= 15 is 0 Å². The van der Waals surface area contributed by atoms with Crippen LogP contribution in [0, 0.1) is 6.92 Å². The number of hydrogen-bond donors (Lipinski definition) is 0. The molecule has 4 aromatic rings. The van der Waals surface area contributed by atoms with Gasteiger partial charge in [-0.05, 0) is 42.8 Å². The van der Waals surface area contributed by atoms with Crippen molar-refractivity contribution in [3.05, 3.63) is 84.1 Å². The van der Waals surface area contributed by atoms with Gasteiger partial charge in [-0.15, -0.1) is 0 Å². The van der Waals surface area contributed by atoms with Crippen LogP contribution in [0.15, 0.2) is 77.7 Å². The van der Waals surface area contributed by atoms with Crippen molar-refractivity contribution in [1.82, 2.24) is 3.97 Å². The van der Waals surface area contributed by atoms with Gasteiger partial charge in [0.1, 0.15) is 11.4 Å². The maximum Gasteiger partial charge on any atom is 0.268 e. The molecule has 0 atom stereocenters. The summed E-state index contributed by atoms with van der Waals surface area (Å²) in [5.41, 5.74) is 2.77. The van der Waals surface area contributed by atoms with E-state index in [2.05, 4.69) is 0 Å². The van der Waals surface area contributed by atoms with Crippen LogP contribution in [0.5, 0.6) is 5.75 Å². The highest BCUT2D eigenvalue weighted by molar-refractivity contribution is 7.90. The van der Waals surface area contributed by atoms with Gasteiger partial charge >= 0.3 is 0 Å². The second-order valence-electron chi connectivity index (χ2n) is 6.71. The molecule has 0 N–H and O–H groups in total. The van der Waals surface area contributed by atoms with Gasteiger partial charge in [-0.2, -0.15) is 0 Å². The predicted octanol–water partition coefficient (Wildman–Crippen LogP) is 4.67. The Kier molecular flexibility index (Phi) is 4.72. The van der Waals surface area contributed by atoms with Gasteiger partial charge < -0.3 is 4.74 Å². The highest BCUT2D eigenvalue weighted by Gasteiger charge is 2.27. The Morgan fingerprint density at radius 2 is 1.62 bits per heavy atom. The highest BCUT2D eigenvalue weighted by atomic mass is 32.2. The van der Waals surface area contributed by atoms with Gasteiger partial charge in [-0.1, -0.05) is 48.0 Å². The van der Waals surface area contributed by atoms with Gasteiger partial charge in [0.05, 0.1) is 17.5 Å². The molecule has 0 aliphatic carbocycles. The molecule has 0 aliphatic heterocycles. The molecule has 146 valence electrons. The molecular formula is C23H19NO4S. The number of aryl methyl sites for hydroxylation is 1. The van der Waals surface area contributed by atoms with Crippen LogP contribution in [-0.2, 0) is 10.0 Å². The number of fused-ring (bicyclic) bond motifs is 1. The Hall–Kier alpha value is -3.38. The Morgan fingerprint density at radius 1 is 0.931 bits per heavy atom. The number of aldehydes is 1. The quantitative estimate of drug-likeness (QED) is 0.453. The van der Waals surface area contributed by atoms with Crippen molar-refractivity contribution in [2.24, 2.45) is 0 Å². The van der Waals surface area contributed by atoms with E-state index in [1.54, 1.807) is 49.6 Å². The molecule has 1 heterocycles. The fraction of sp³-hybridized carbons (Fsp3) is 0.0870. The van der Waals surface area contributed by atoms with Gasteiger partial charge in [-0.25, -0.2) is 12.4 Å². The van der Waals surface area contributed by atoms with Crippen LogP contribution < -0.4 is 4.74 Å². The first-order chi connectivity index (χ1) is 14.0. The van der Waals surface area contributed by atoms with Crippen LogP contribution in [0.4, 0.5) is 0 Å². The third-order valence-electron chi connectivity index (χ3n) is 4.90. The van der Waals surface area contributed by atoms with E-state index in [0.29, 0.717) is 28.5 Å². The first-order valence-electron chi connectivity index (χ1n) is 9.02. The van der Waals surface area contributed by atoms with Gasteiger partial charge in [0.15, 0.2) is 6.29 Å². The third-order valence-corrected chi connectivity index (χ3v) is 6.64. The lowest BCUT2D eigenvalue weighted by molar-refractivity contribution is 0.111. The molecule has 4 rings (SSSR count). The van der Waals surface area contributed by atoms with Crippen molar-refractivity contribution >= 4 is 27.2 Å². The fourth-order valence-corrected chi connectivity index (χ4v) is 4.98. The standard InChI is InChI=1S/C23H19NO4S/c1-16-8-11-19(12-9-16)29(26,27)24-21-13-10-18(28-2)14-20(21)23(22(24)15-25)17-6-4-3-5-7-17/h3-15H,1-2H3. The lowest BCUT2D eigenvalue weighted by atomic mass is 10.0. The van der Waals surface area contributed by atoms with E-state index in [-0.39, 0.29) is 10.6 Å². The van der Waals surface area contributed by atoms with Crippen LogP contribution >= 0.6 is 0 Å². The minimum absolute atomic E-state index is 0.0834. The van der Waals surface area contributed by atoms with Gasteiger partial charge in [-0.3, -0.25) is 4.79 Å². The van der Waals surface area contributed by atoms with E-state index in [1.807, 2.05) is 37.3 Å². The molecule has 29 heavy (non-hydrogen) atoms. The van der Waals surface area contributed by atoms with E-state index in [0.717, 1.165) is 15.1 Å². The van der Waals surface area contributed by atoms with Crippen molar-refractivity contribution in [2.45, 2.75) is 11.8 Å². The average Bonchev–Trinajstić information content (AvgIpc) is 3.08. The zero-order valence-electron chi connectivity index (χ0n) is 16.0. The second-order valence-corrected chi connectivity index (χ2v) is 8.50. The van der Waals surface area contributed by atoms with Crippen LogP contribution in [0.3, 0.4) is 0 Å². The minimum atomic E-state index is -3.99. The molecule has 5 nitrogen and oxygen atoms in total. The summed E-state index contributed by atoms with van der Waals surface area (Å²) >= 11 is 0. The number of ether oxygens (including phenoxy) is 1. The Morgan fingerprint density at radius 3 is 2.24 bits per heavy atom. The number of carbonyl (C=O) groups excluding carboxylic acids is 1. The summed E-state index contributed by atoms with van der Waals surface area (Å²) in [6, 6.07) is 21.0. The normalized spacial score (nSPS) is 11.5. The predicted molar refractivity (Wildman–Crippen MR) is 113 cm³/mol. The summed E-state index contributed by atoms with van der Waals surface area (Å²) in [6.07, 6.45) is 0.598. The van der Waals surface area contributed by atoms with Crippen molar-refractivity contribution in [1.29, 1.82) is 0 Å². The Labute approximate surface area is 169 Å². The van der Waals surface area contributed by atoms with Crippen LogP contribution in [0.2, 0.25) is 0 Å². The molecule has 0 unspecified atom stereocenters. The average molecular weight is 405 g/mol. The fourth-order valence-electron chi connectivity index (χ4n) is 3.48. The lowest BCUT2D eigenvalue weighted by Crippen LogP contribution is -2.15. The molecule has 0 radical (unpaired) electrons. The largest absolute Gasteiger partial charge is 0.497 e. The number of hydrogen-bond acceptors (Lipinski definition) is 4. The molecular weight excluding hydrogens is 386 g/mol. The van der Waals surface area contributed by atoms with Gasteiger partial charge in [0.2, 0.25) is 0 Å². The van der Waals surface area contributed by atoms with Crippen LogP contribution in [0.25, 0.3) is 22.0 Å². The first-order valence-corrected chi connectivity index (χ1v) is 10.5. The number of aromatic nitrogens is 1. The summed E-state index contributed by atoms with van der Waals surface area (Å²) in [5, 5.41) is 0.633. The molecule has 0 fully saturated rings. The number of rotatable bonds is 5. The Balaban J connectivity index is 2.12. The molecule has 0 saturated carbocycles. The lowest BCUT2D eigenvalue weighted by Gasteiger charge is -2.10. The summed E-state index contributed by atoms with van der Waals surface area (Å²) in [5.74, 6) is 0.581. The Bertz CT molecular complexity index is 1300. The summed E-state index contributed by atoms with van der Waals surface area (Å²) in [4.78, 5) is 12.3. The molecule has 0 bridgehead atoms. The number of carbonyl (C=O) groups is 1. The van der Waals surface area contributed by atoms with Crippen molar-refractivity contribution < 1.29 is 17.9 Å². The zero-order valence-corrected chi connectivity index (χ0v) is 16.8. The zero-order chi connectivity index (χ0) is 20.6.